The molecule has 0 bridgehead atoms. The highest BCUT2D eigenvalue weighted by molar-refractivity contribution is 5.84. The third-order valence-electron chi connectivity index (χ3n) is 5.41. The normalized spacial score (nSPS) is 16.2. The minimum absolute atomic E-state index is 0.0314. The molecule has 1 aliphatic heterocycles. The first-order chi connectivity index (χ1) is 12.1. The maximum atomic E-state index is 12.9. The van der Waals surface area contributed by atoms with E-state index in [2.05, 4.69) is 20.8 Å². The average molecular weight is 384 g/mol. The molecule has 0 atom stereocenters. The number of carbonyl (C=O) groups is 3. The van der Waals surface area contributed by atoms with E-state index in [0.717, 1.165) is 0 Å². The van der Waals surface area contributed by atoms with E-state index in [1.165, 1.54) is 4.90 Å². The fourth-order valence-electron chi connectivity index (χ4n) is 2.58. The van der Waals surface area contributed by atoms with Crippen molar-refractivity contribution in [2.45, 2.75) is 61.0 Å². The summed E-state index contributed by atoms with van der Waals surface area (Å²) < 4.78 is 5.27. The summed E-state index contributed by atoms with van der Waals surface area (Å²) in [5.74, 6) is -0.0153. The van der Waals surface area contributed by atoms with Crippen LogP contribution in [0.2, 0.25) is 0 Å². The molecule has 1 heterocycles. The van der Waals surface area contributed by atoms with Crippen molar-refractivity contribution in [3.63, 3.8) is 0 Å². The molecule has 27 heavy (non-hydrogen) atoms. The molecule has 1 aliphatic rings. The van der Waals surface area contributed by atoms with E-state index in [4.69, 9.17) is 4.74 Å². The fourth-order valence-corrected chi connectivity index (χ4v) is 2.58. The van der Waals surface area contributed by atoms with Crippen molar-refractivity contribution in [2.75, 3.05) is 39.8 Å². The Bertz CT molecular complexity index is 565. The van der Waals surface area contributed by atoms with Crippen LogP contribution in [-0.2, 0) is 14.3 Å². The molecule has 156 valence electrons. The molecule has 1 fully saturated rings. The second-order valence-electron chi connectivity index (χ2n) is 9.88. The number of likely N-dealkylation sites (N-methyl/N-ethyl adjacent to an activating group) is 1. The molecular formula is C20H37N3O4. The molecule has 0 aromatic carbocycles. The van der Waals surface area contributed by atoms with E-state index in [0.29, 0.717) is 26.2 Å². The van der Waals surface area contributed by atoms with Gasteiger partial charge in [0, 0.05) is 38.6 Å². The minimum atomic E-state index is -0.597. The lowest BCUT2D eigenvalue weighted by Gasteiger charge is -2.43. The summed E-state index contributed by atoms with van der Waals surface area (Å²) in [6.45, 7) is 17.5. The number of hydrogen-bond donors (Lipinski definition) is 0. The van der Waals surface area contributed by atoms with Gasteiger partial charge in [0.15, 0.2) is 0 Å². The SMILES string of the molecule is CN(CC(=O)N1CCN(C(=O)C(C)(C)C(C)(C)C)CC1)C(=O)OC(C)(C)C. The van der Waals surface area contributed by atoms with Crippen LogP contribution in [0.4, 0.5) is 4.79 Å². The third-order valence-corrected chi connectivity index (χ3v) is 5.41. The Hall–Kier alpha value is -1.79. The first-order valence-corrected chi connectivity index (χ1v) is 9.57. The Morgan fingerprint density at radius 2 is 1.30 bits per heavy atom. The quantitative estimate of drug-likeness (QED) is 0.751. The van der Waals surface area contributed by atoms with Crippen molar-refractivity contribution in [2.24, 2.45) is 10.8 Å². The zero-order valence-electron chi connectivity index (χ0n) is 18.5. The summed E-state index contributed by atoms with van der Waals surface area (Å²) in [5, 5.41) is 0. The van der Waals surface area contributed by atoms with Gasteiger partial charge in [-0.1, -0.05) is 34.6 Å². The summed E-state index contributed by atoms with van der Waals surface area (Å²) in [6.07, 6.45) is -0.517. The highest BCUT2D eigenvalue weighted by atomic mass is 16.6. The molecule has 0 aromatic rings. The third kappa shape index (κ3) is 6.11. The largest absolute Gasteiger partial charge is 0.444 e. The van der Waals surface area contributed by atoms with Crippen LogP contribution in [0, 0.1) is 10.8 Å². The molecule has 0 radical (unpaired) electrons. The number of ether oxygens (including phenoxy) is 1. The van der Waals surface area contributed by atoms with Crippen molar-refractivity contribution < 1.29 is 19.1 Å². The number of piperazine rings is 1. The van der Waals surface area contributed by atoms with Crippen molar-refractivity contribution in [3.05, 3.63) is 0 Å². The number of hydrogen-bond acceptors (Lipinski definition) is 4. The molecule has 0 saturated carbocycles. The van der Waals surface area contributed by atoms with Gasteiger partial charge in [-0.25, -0.2) is 4.79 Å². The van der Waals surface area contributed by atoms with E-state index in [1.807, 2.05) is 18.7 Å². The zero-order chi connectivity index (χ0) is 21.2. The summed E-state index contributed by atoms with van der Waals surface area (Å²) in [4.78, 5) is 42.2. The van der Waals surface area contributed by atoms with Crippen molar-refractivity contribution in [1.29, 1.82) is 0 Å². The molecule has 1 saturated heterocycles. The predicted octanol–water partition coefficient (Wildman–Crippen LogP) is 2.60. The molecule has 0 aliphatic carbocycles. The Morgan fingerprint density at radius 1 is 0.852 bits per heavy atom. The number of nitrogens with zero attached hydrogens (tertiary/aromatic N) is 3. The Balaban J connectivity index is 2.58. The molecule has 1 rings (SSSR count). The van der Waals surface area contributed by atoms with Crippen LogP contribution in [0.15, 0.2) is 0 Å². The second kappa shape index (κ2) is 8.07. The lowest BCUT2D eigenvalue weighted by molar-refractivity contribution is -0.150. The lowest BCUT2D eigenvalue weighted by atomic mass is 9.68. The summed E-state index contributed by atoms with van der Waals surface area (Å²) in [6, 6.07) is 0. The summed E-state index contributed by atoms with van der Waals surface area (Å²) >= 11 is 0. The van der Waals surface area contributed by atoms with Gasteiger partial charge in [-0.05, 0) is 26.2 Å². The van der Waals surface area contributed by atoms with Gasteiger partial charge in [-0.15, -0.1) is 0 Å². The topological polar surface area (TPSA) is 70.2 Å². The van der Waals surface area contributed by atoms with Gasteiger partial charge in [0.1, 0.15) is 12.1 Å². The van der Waals surface area contributed by atoms with Gasteiger partial charge in [0.05, 0.1) is 0 Å². The summed E-state index contributed by atoms with van der Waals surface area (Å²) in [7, 11) is 1.55. The number of amides is 3. The van der Waals surface area contributed by atoms with Crippen molar-refractivity contribution in [1.82, 2.24) is 14.7 Å². The maximum absolute atomic E-state index is 12.9. The molecule has 7 nitrogen and oxygen atoms in total. The van der Waals surface area contributed by atoms with Crippen molar-refractivity contribution >= 4 is 17.9 Å². The van der Waals surface area contributed by atoms with Gasteiger partial charge in [-0.3, -0.25) is 9.59 Å². The van der Waals surface area contributed by atoms with Gasteiger partial charge in [0.2, 0.25) is 11.8 Å². The van der Waals surface area contributed by atoms with Crippen LogP contribution in [0.3, 0.4) is 0 Å². The number of carbonyl (C=O) groups excluding carboxylic acids is 3. The Labute approximate surface area is 164 Å². The standard InChI is InChI=1S/C20H37N3O4/c1-18(2,3)20(7,8)16(25)23-12-10-22(11-13-23)15(24)14-21(9)17(26)27-19(4,5)6/h10-14H2,1-9H3. The molecule has 3 amide bonds. The summed E-state index contributed by atoms with van der Waals surface area (Å²) in [5.41, 5.74) is -1.22. The van der Waals surface area contributed by atoms with Gasteiger partial charge < -0.3 is 19.4 Å². The fraction of sp³-hybridized carbons (Fsp3) is 0.850. The zero-order valence-corrected chi connectivity index (χ0v) is 18.5. The monoisotopic (exact) mass is 383 g/mol. The number of rotatable bonds is 3. The van der Waals surface area contributed by atoms with Crippen LogP contribution in [0.1, 0.15) is 55.4 Å². The van der Waals surface area contributed by atoms with Crippen LogP contribution in [0.5, 0.6) is 0 Å². The van der Waals surface area contributed by atoms with Crippen LogP contribution >= 0.6 is 0 Å². The lowest BCUT2D eigenvalue weighted by Crippen LogP contribution is -2.56. The highest BCUT2D eigenvalue weighted by Crippen LogP contribution is 2.39. The van der Waals surface area contributed by atoms with Gasteiger partial charge >= 0.3 is 6.09 Å². The van der Waals surface area contributed by atoms with Crippen LogP contribution in [0.25, 0.3) is 0 Å². The smallest absolute Gasteiger partial charge is 0.410 e. The Morgan fingerprint density at radius 3 is 1.70 bits per heavy atom. The molecule has 0 spiro atoms. The first kappa shape index (κ1) is 23.2. The molecular weight excluding hydrogens is 346 g/mol. The average Bonchev–Trinajstić information content (AvgIpc) is 2.51. The van der Waals surface area contributed by atoms with E-state index < -0.39 is 17.1 Å². The van der Waals surface area contributed by atoms with Crippen LogP contribution < -0.4 is 0 Å². The molecule has 0 N–H and O–H groups in total. The minimum Gasteiger partial charge on any atom is -0.444 e. The van der Waals surface area contributed by atoms with E-state index in [-0.39, 0.29) is 23.8 Å². The van der Waals surface area contributed by atoms with Crippen LogP contribution in [-0.4, -0.2) is 78.0 Å². The maximum Gasteiger partial charge on any atom is 0.410 e. The molecule has 0 unspecified atom stereocenters. The van der Waals surface area contributed by atoms with Gasteiger partial charge in [0.25, 0.3) is 0 Å². The second-order valence-corrected chi connectivity index (χ2v) is 9.88. The van der Waals surface area contributed by atoms with E-state index in [1.54, 1.807) is 32.7 Å². The Kier molecular flexibility index (Phi) is 6.95. The first-order valence-electron chi connectivity index (χ1n) is 9.57. The van der Waals surface area contributed by atoms with E-state index >= 15 is 0 Å². The predicted molar refractivity (Wildman–Crippen MR) is 105 cm³/mol. The molecule has 7 heteroatoms. The molecule has 0 aromatic heterocycles. The van der Waals surface area contributed by atoms with E-state index in [9.17, 15) is 14.4 Å². The van der Waals surface area contributed by atoms with Gasteiger partial charge in [-0.2, -0.15) is 0 Å². The highest BCUT2D eigenvalue weighted by Gasteiger charge is 2.42. The van der Waals surface area contributed by atoms with Crippen molar-refractivity contribution in [3.8, 4) is 0 Å².